The van der Waals surface area contributed by atoms with Gasteiger partial charge in [-0.1, -0.05) is 12.1 Å². The fraction of sp³-hybridized carbons (Fsp3) is 0.154. The Labute approximate surface area is 121 Å². The monoisotopic (exact) mass is 318 g/mol. The van der Waals surface area contributed by atoms with Gasteiger partial charge < -0.3 is 14.6 Å². The Kier molecular flexibility index (Phi) is 4.37. The Hall–Kier alpha value is -2.22. The van der Waals surface area contributed by atoms with Crippen molar-refractivity contribution in [3.05, 3.63) is 46.2 Å². The largest absolute Gasteiger partial charge is 0.573 e. The highest BCUT2D eigenvalue weighted by Crippen LogP contribution is 2.32. The molecular formula is C13H9F3O4S. The van der Waals surface area contributed by atoms with Crippen LogP contribution < -0.4 is 9.47 Å². The number of hydrogen-bond donors (Lipinski definition) is 1. The van der Waals surface area contributed by atoms with E-state index in [9.17, 15) is 18.0 Å². The van der Waals surface area contributed by atoms with Gasteiger partial charge in [0.1, 0.15) is 11.5 Å². The summed E-state index contributed by atoms with van der Waals surface area (Å²) in [5.74, 6) is -1.70. The first-order valence-corrected chi connectivity index (χ1v) is 6.52. The molecule has 1 heterocycles. The Balaban J connectivity index is 2.13. The van der Waals surface area contributed by atoms with Crippen molar-refractivity contribution >= 4 is 17.3 Å². The fourth-order valence-corrected chi connectivity index (χ4v) is 2.32. The van der Waals surface area contributed by atoms with Crippen molar-refractivity contribution in [1.82, 2.24) is 0 Å². The highest BCUT2D eigenvalue weighted by atomic mass is 32.1. The maximum absolute atomic E-state index is 12.3. The van der Waals surface area contributed by atoms with E-state index in [1.165, 1.54) is 18.2 Å². The van der Waals surface area contributed by atoms with Gasteiger partial charge in [-0.25, -0.2) is 4.79 Å². The van der Waals surface area contributed by atoms with Crippen LogP contribution in [0.5, 0.6) is 11.5 Å². The van der Waals surface area contributed by atoms with E-state index in [2.05, 4.69) is 4.74 Å². The fourth-order valence-electron chi connectivity index (χ4n) is 1.57. The summed E-state index contributed by atoms with van der Waals surface area (Å²) in [6.07, 6.45) is -4.83. The molecule has 4 nitrogen and oxygen atoms in total. The molecule has 1 N–H and O–H groups in total. The first-order valence-electron chi connectivity index (χ1n) is 5.64. The SMILES string of the molecule is O=C(O)c1sccc1COc1ccccc1OC(F)(F)F. The number of aromatic carboxylic acids is 1. The van der Waals surface area contributed by atoms with Crippen molar-refractivity contribution < 1.29 is 32.5 Å². The van der Waals surface area contributed by atoms with Gasteiger partial charge in [0.25, 0.3) is 0 Å². The first-order chi connectivity index (χ1) is 9.87. The van der Waals surface area contributed by atoms with Gasteiger partial charge in [-0.05, 0) is 23.6 Å². The standard InChI is InChI=1S/C13H9F3O4S/c14-13(15,16)20-10-4-2-1-3-9(10)19-7-8-5-6-21-11(8)12(17)18/h1-6H,7H2,(H,17,18). The third-order valence-electron chi connectivity index (χ3n) is 2.40. The van der Waals surface area contributed by atoms with Gasteiger partial charge in [0.2, 0.25) is 0 Å². The molecule has 0 bridgehead atoms. The number of hydrogen-bond acceptors (Lipinski definition) is 4. The van der Waals surface area contributed by atoms with Crippen molar-refractivity contribution in [1.29, 1.82) is 0 Å². The van der Waals surface area contributed by atoms with Crippen molar-refractivity contribution in [2.24, 2.45) is 0 Å². The summed E-state index contributed by atoms with van der Waals surface area (Å²) >= 11 is 1.02. The molecule has 0 saturated carbocycles. The molecule has 0 amide bonds. The highest BCUT2D eigenvalue weighted by molar-refractivity contribution is 7.12. The number of carboxylic acid groups (broad SMARTS) is 1. The molecular weight excluding hydrogens is 309 g/mol. The van der Waals surface area contributed by atoms with Crippen LogP contribution in [0, 0.1) is 0 Å². The maximum Gasteiger partial charge on any atom is 0.573 e. The summed E-state index contributed by atoms with van der Waals surface area (Å²) in [4.78, 5) is 11.0. The maximum atomic E-state index is 12.3. The van der Waals surface area contributed by atoms with Crippen LogP contribution in [0.3, 0.4) is 0 Å². The van der Waals surface area contributed by atoms with E-state index in [-0.39, 0.29) is 17.2 Å². The summed E-state index contributed by atoms with van der Waals surface area (Å²) in [6, 6.07) is 6.84. The van der Waals surface area contributed by atoms with E-state index in [0.29, 0.717) is 5.56 Å². The van der Waals surface area contributed by atoms with Crippen LogP contribution in [0.1, 0.15) is 15.2 Å². The molecule has 0 aliphatic carbocycles. The second kappa shape index (κ2) is 6.04. The number of alkyl halides is 3. The van der Waals surface area contributed by atoms with E-state index < -0.39 is 18.1 Å². The van der Waals surface area contributed by atoms with Gasteiger partial charge >= 0.3 is 12.3 Å². The summed E-state index contributed by atoms with van der Waals surface area (Å²) < 4.78 is 45.8. The second-order valence-electron chi connectivity index (χ2n) is 3.86. The highest BCUT2D eigenvalue weighted by Gasteiger charge is 2.32. The molecule has 0 aliphatic rings. The third kappa shape index (κ3) is 4.12. The van der Waals surface area contributed by atoms with Crippen LogP contribution in [0.25, 0.3) is 0 Å². The second-order valence-corrected chi connectivity index (χ2v) is 4.78. The molecule has 0 atom stereocenters. The number of halogens is 3. The molecule has 0 saturated heterocycles. The topological polar surface area (TPSA) is 55.8 Å². The lowest BCUT2D eigenvalue weighted by Crippen LogP contribution is -2.17. The molecule has 0 aliphatic heterocycles. The van der Waals surface area contributed by atoms with Crippen molar-refractivity contribution in [2.45, 2.75) is 13.0 Å². The Bertz CT molecular complexity index is 636. The number of ether oxygens (including phenoxy) is 2. The van der Waals surface area contributed by atoms with E-state index in [0.717, 1.165) is 17.4 Å². The number of para-hydroxylation sites is 2. The molecule has 0 spiro atoms. The van der Waals surface area contributed by atoms with Gasteiger partial charge in [0, 0.05) is 5.56 Å². The summed E-state index contributed by atoms with van der Waals surface area (Å²) in [5.41, 5.74) is 0.384. The smallest absolute Gasteiger partial charge is 0.485 e. The molecule has 0 unspecified atom stereocenters. The number of thiophene rings is 1. The van der Waals surface area contributed by atoms with Crippen LogP contribution in [-0.4, -0.2) is 17.4 Å². The van der Waals surface area contributed by atoms with Crippen LogP contribution in [0.2, 0.25) is 0 Å². The van der Waals surface area contributed by atoms with Crippen molar-refractivity contribution in [3.8, 4) is 11.5 Å². The minimum Gasteiger partial charge on any atom is -0.485 e. The zero-order valence-electron chi connectivity index (χ0n) is 10.4. The Morgan fingerprint density at radius 1 is 1.19 bits per heavy atom. The lowest BCUT2D eigenvalue weighted by atomic mass is 10.2. The molecule has 8 heteroatoms. The minimum absolute atomic E-state index is 0.0872. The minimum atomic E-state index is -4.83. The van der Waals surface area contributed by atoms with Gasteiger partial charge in [-0.15, -0.1) is 24.5 Å². The van der Waals surface area contributed by atoms with Gasteiger partial charge in [0.15, 0.2) is 11.5 Å². The van der Waals surface area contributed by atoms with E-state index in [1.807, 2.05) is 0 Å². The first kappa shape index (κ1) is 15.2. The predicted octanol–water partition coefficient (Wildman–Crippen LogP) is 3.92. The zero-order chi connectivity index (χ0) is 15.5. The zero-order valence-corrected chi connectivity index (χ0v) is 11.2. The van der Waals surface area contributed by atoms with Crippen molar-refractivity contribution in [3.63, 3.8) is 0 Å². The molecule has 2 aromatic rings. The molecule has 1 aromatic carbocycles. The van der Waals surface area contributed by atoms with Crippen LogP contribution in [0.4, 0.5) is 13.2 Å². The normalized spacial score (nSPS) is 11.2. The molecule has 112 valence electrons. The van der Waals surface area contributed by atoms with Crippen LogP contribution in [0.15, 0.2) is 35.7 Å². The number of rotatable bonds is 5. The Morgan fingerprint density at radius 3 is 2.48 bits per heavy atom. The average Bonchev–Trinajstić information content (AvgIpc) is 2.84. The molecule has 2 rings (SSSR count). The molecule has 0 radical (unpaired) electrons. The third-order valence-corrected chi connectivity index (χ3v) is 3.34. The van der Waals surface area contributed by atoms with Crippen LogP contribution >= 0.6 is 11.3 Å². The van der Waals surface area contributed by atoms with Crippen molar-refractivity contribution in [2.75, 3.05) is 0 Å². The van der Waals surface area contributed by atoms with E-state index in [4.69, 9.17) is 9.84 Å². The van der Waals surface area contributed by atoms with E-state index >= 15 is 0 Å². The Morgan fingerprint density at radius 2 is 1.86 bits per heavy atom. The predicted molar refractivity (Wildman–Crippen MR) is 68.7 cm³/mol. The van der Waals surface area contributed by atoms with Gasteiger partial charge in [-0.2, -0.15) is 0 Å². The lowest BCUT2D eigenvalue weighted by Gasteiger charge is -2.13. The summed E-state index contributed by atoms with van der Waals surface area (Å²) in [5, 5.41) is 10.5. The summed E-state index contributed by atoms with van der Waals surface area (Å²) in [6.45, 7) is -0.163. The number of benzene rings is 1. The van der Waals surface area contributed by atoms with Gasteiger partial charge in [-0.3, -0.25) is 0 Å². The lowest BCUT2D eigenvalue weighted by molar-refractivity contribution is -0.275. The average molecular weight is 318 g/mol. The van der Waals surface area contributed by atoms with Crippen LogP contribution in [-0.2, 0) is 6.61 Å². The summed E-state index contributed by atoms with van der Waals surface area (Å²) in [7, 11) is 0. The molecule has 21 heavy (non-hydrogen) atoms. The number of carboxylic acids is 1. The number of carbonyl (C=O) groups is 1. The van der Waals surface area contributed by atoms with Gasteiger partial charge in [0.05, 0.1) is 0 Å². The van der Waals surface area contributed by atoms with E-state index in [1.54, 1.807) is 11.4 Å². The molecule has 1 aromatic heterocycles. The molecule has 0 fully saturated rings. The quantitative estimate of drug-likeness (QED) is 0.907.